The van der Waals surface area contributed by atoms with E-state index in [0.717, 1.165) is 6.20 Å². The second-order valence-electron chi connectivity index (χ2n) is 4.70. The molecule has 2 rings (SSSR count). The Labute approximate surface area is 128 Å². The van der Waals surface area contributed by atoms with Crippen molar-refractivity contribution < 1.29 is 27.5 Å². The van der Waals surface area contributed by atoms with Gasteiger partial charge in [-0.05, 0) is 6.42 Å². The molecule has 2 heterocycles. The Bertz CT molecular complexity index is 608. The Morgan fingerprint density at radius 1 is 1.48 bits per heavy atom. The molecule has 1 aromatic heterocycles. The van der Waals surface area contributed by atoms with Crippen LogP contribution in [0.2, 0.25) is 0 Å². The highest BCUT2D eigenvalue weighted by Crippen LogP contribution is 2.30. The van der Waals surface area contributed by atoms with Crippen LogP contribution < -0.4 is 11.1 Å². The van der Waals surface area contributed by atoms with E-state index < -0.39 is 35.4 Å². The quantitative estimate of drug-likeness (QED) is 0.837. The normalized spacial score (nSPS) is 15.3. The average Bonchev–Trinajstić information content (AvgIpc) is 2.48. The van der Waals surface area contributed by atoms with Gasteiger partial charge in [-0.25, -0.2) is 14.8 Å². The molecule has 3 N–H and O–H groups in total. The molecule has 2 amide bonds. The molecule has 0 saturated carbocycles. The van der Waals surface area contributed by atoms with Gasteiger partial charge >= 0.3 is 12.3 Å². The maximum atomic E-state index is 12.9. The number of carbonyl (C=O) groups is 2. The number of hydrogen-bond donors (Lipinski definition) is 2. The number of nitrogens with two attached hydrogens (primary N) is 1. The number of alkyl halides is 3. The maximum absolute atomic E-state index is 12.9. The largest absolute Gasteiger partial charge is 0.449 e. The van der Waals surface area contributed by atoms with Gasteiger partial charge < -0.3 is 20.7 Å². The van der Waals surface area contributed by atoms with Gasteiger partial charge in [0.2, 0.25) is 5.95 Å². The van der Waals surface area contributed by atoms with Crippen molar-refractivity contribution in [1.29, 1.82) is 0 Å². The first-order chi connectivity index (χ1) is 10.8. The summed E-state index contributed by atoms with van der Waals surface area (Å²) < 4.78 is 43.4. The minimum absolute atomic E-state index is 0.0321. The molecule has 11 heteroatoms. The van der Waals surface area contributed by atoms with E-state index in [-0.39, 0.29) is 13.1 Å². The summed E-state index contributed by atoms with van der Waals surface area (Å²) in [5.74, 6) is -1.58. The van der Waals surface area contributed by atoms with Gasteiger partial charge in [0.05, 0.1) is 12.2 Å². The predicted octanol–water partition coefficient (Wildman–Crippen LogP) is 0.650. The van der Waals surface area contributed by atoms with Gasteiger partial charge in [0.1, 0.15) is 0 Å². The van der Waals surface area contributed by atoms with Crippen molar-refractivity contribution >= 4 is 17.9 Å². The molecule has 1 aliphatic heterocycles. The number of hydrogen-bond acceptors (Lipinski definition) is 6. The zero-order chi connectivity index (χ0) is 17.0. The van der Waals surface area contributed by atoms with Crippen LogP contribution in [-0.4, -0.2) is 53.1 Å². The van der Waals surface area contributed by atoms with Crippen molar-refractivity contribution in [3.8, 4) is 0 Å². The number of nitrogen functional groups attached to an aromatic ring is 1. The minimum atomic E-state index is -4.83. The predicted molar refractivity (Wildman–Crippen MR) is 71.3 cm³/mol. The number of halogens is 3. The fourth-order valence-electron chi connectivity index (χ4n) is 1.98. The summed E-state index contributed by atoms with van der Waals surface area (Å²) in [4.78, 5) is 31.1. The van der Waals surface area contributed by atoms with Crippen molar-refractivity contribution in [2.75, 3.05) is 32.0 Å². The molecule has 8 nitrogen and oxygen atoms in total. The lowest BCUT2D eigenvalue weighted by atomic mass is 10.2. The van der Waals surface area contributed by atoms with Crippen LogP contribution in [0, 0.1) is 0 Å². The number of aromatic nitrogens is 2. The smallest absolute Gasteiger partial charge is 0.434 e. The molecule has 1 fully saturated rings. The molecular formula is C12H14F3N5O3. The topological polar surface area (TPSA) is 110 Å². The molecule has 23 heavy (non-hydrogen) atoms. The molecule has 0 atom stereocenters. The summed E-state index contributed by atoms with van der Waals surface area (Å²) >= 11 is 0. The van der Waals surface area contributed by atoms with E-state index in [2.05, 4.69) is 15.3 Å². The molecule has 1 aliphatic rings. The third-order valence-corrected chi connectivity index (χ3v) is 3.04. The van der Waals surface area contributed by atoms with Gasteiger partial charge in [0.15, 0.2) is 5.69 Å². The zero-order valence-electron chi connectivity index (χ0n) is 11.9. The van der Waals surface area contributed by atoms with Gasteiger partial charge in [0.25, 0.3) is 5.91 Å². The standard InChI is InChI=1S/C12H14F3N5O3/c13-12(14,15)8-7(6-18-10(16)19-8)9(21)17-2-4-20-3-1-5-23-11(20)22/h6H,1-5H2,(H,17,21)(H2,16,18,19). The van der Waals surface area contributed by atoms with Crippen LogP contribution in [0.5, 0.6) is 0 Å². The van der Waals surface area contributed by atoms with Crippen LogP contribution in [0.25, 0.3) is 0 Å². The lowest BCUT2D eigenvalue weighted by molar-refractivity contribution is -0.141. The van der Waals surface area contributed by atoms with E-state index in [9.17, 15) is 22.8 Å². The van der Waals surface area contributed by atoms with E-state index in [0.29, 0.717) is 19.6 Å². The molecule has 0 aromatic carbocycles. The summed E-state index contributed by atoms with van der Waals surface area (Å²) in [5.41, 5.74) is 2.99. The van der Waals surface area contributed by atoms with Crippen molar-refractivity contribution in [1.82, 2.24) is 20.2 Å². The second-order valence-corrected chi connectivity index (χ2v) is 4.70. The first kappa shape index (κ1) is 16.8. The molecule has 1 saturated heterocycles. The van der Waals surface area contributed by atoms with Gasteiger partial charge in [0, 0.05) is 25.8 Å². The Hall–Kier alpha value is -2.59. The Kier molecular flexibility index (Phi) is 4.86. The molecule has 0 radical (unpaired) electrons. The highest BCUT2D eigenvalue weighted by atomic mass is 19.4. The number of rotatable bonds is 4. The van der Waals surface area contributed by atoms with E-state index in [4.69, 9.17) is 10.5 Å². The first-order valence-corrected chi connectivity index (χ1v) is 6.68. The number of anilines is 1. The molecule has 0 unspecified atom stereocenters. The number of ether oxygens (including phenoxy) is 1. The summed E-state index contributed by atoms with van der Waals surface area (Å²) in [5, 5.41) is 2.29. The Balaban J connectivity index is 1.99. The Morgan fingerprint density at radius 2 is 2.22 bits per heavy atom. The number of nitrogens with zero attached hydrogens (tertiary/aromatic N) is 3. The van der Waals surface area contributed by atoms with E-state index >= 15 is 0 Å². The molecular weight excluding hydrogens is 319 g/mol. The fourth-order valence-corrected chi connectivity index (χ4v) is 1.98. The summed E-state index contributed by atoms with van der Waals surface area (Å²) in [7, 11) is 0. The van der Waals surface area contributed by atoms with Crippen LogP contribution in [-0.2, 0) is 10.9 Å². The van der Waals surface area contributed by atoms with Crippen LogP contribution in [0.3, 0.4) is 0 Å². The highest BCUT2D eigenvalue weighted by Gasteiger charge is 2.38. The van der Waals surface area contributed by atoms with Gasteiger partial charge in [-0.3, -0.25) is 4.79 Å². The summed E-state index contributed by atoms with van der Waals surface area (Å²) in [6, 6.07) is 0. The molecule has 0 spiro atoms. The van der Waals surface area contributed by atoms with Gasteiger partial charge in [-0.15, -0.1) is 0 Å². The lowest BCUT2D eigenvalue weighted by Crippen LogP contribution is -2.42. The van der Waals surface area contributed by atoms with Crippen LogP contribution in [0.1, 0.15) is 22.5 Å². The van der Waals surface area contributed by atoms with Crippen molar-refractivity contribution in [3.05, 3.63) is 17.5 Å². The van der Waals surface area contributed by atoms with Gasteiger partial charge in [-0.2, -0.15) is 13.2 Å². The molecule has 0 aliphatic carbocycles. The third kappa shape index (κ3) is 4.20. The highest BCUT2D eigenvalue weighted by molar-refractivity contribution is 5.95. The second kappa shape index (κ2) is 6.67. The first-order valence-electron chi connectivity index (χ1n) is 6.68. The average molecular weight is 333 g/mol. The van der Waals surface area contributed by atoms with Crippen molar-refractivity contribution in [2.45, 2.75) is 12.6 Å². The van der Waals surface area contributed by atoms with Crippen LogP contribution in [0.15, 0.2) is 6.20 Å². The number of nitrogens with one attached hydrogen (secondary N) is 1. The number of carbonyl (C=O) groups excluding carboxylic acids is 2. The monoisotopic (exact) mass is 333 g/mol. The number of amides is 2. The molecule has 126 valence electrons. The third-order valence-electron chi connectivity index (χ3n) is 3.04. The zero-order valence-corrected chi connectivity index (χ0v) is 11.9. The van der Waals surface area contributed by atoms with E-state index in [1.807, 2.05) is 0 Å². The summed E-state index contributed by atoms with van der Waals surface area (Å²) in [6.07, 6.45) is -3.97. The summed E-state index contributed by atoms with van der Waals surface area (Å²) in [6.45, 7) is 0.893. The van der Waals surface area contributed by atoms with Crippen molar-refractivity contribution in [3.63, 3.8) is 0 Å². The molecule has 0 bridgehead atoms. The Morgan fingerprint density at radius 3 is 2.87 bits per heavy atom. The van der Waals surface area contributed by atoms with Gasteiger partial charge in [-0.1, -0.05) is 0 Å². The van der Waals surface area contributed by atoms with E-state index in [1.165, 1.54) is 4.90 Å². The SMILES string of the molecule is Nc1ncc(C(=O)NCCN2CCCOC2=O)c(C(F)(F)F)n1. The van der Waals surface area contributed by atoms with Crippen molar-refractivity contribution in [2.24, 2.45) is 0 Å². The van der Waals surface area contributed by atoms with Crippen LogP contribution in [0.4, 0.5) is 23.9 Å². The fraction of sp³-hybridized carbons (Fsp3) is 0.500. The van der Waals surface area contributed by atoms with E-state index in [1.54, 1.807) is 0 Å². The lowest BCUT2D eigenvalue weighted by Gasteiger charge is -2.26. The minimum Gasteiger partial charge on any atom is -0.449 e. The van der Waals surface area contributed by atoms with Crippen LogP contribution >= 0.6 is 0 Å². The molecule has 1 aromatic rings. The maximum Gasteiger partial charge on any atom is 0.434 e. The number of cyclic esters (lactones) is 1.